The van der Waals surface area contributed by atoms with Crippen molar-refractivity contribution in [3.05, 3.63) is 28.2 Å². The lowest BCUT2D eigenvalue weighted by atomic mass is 10.3. The number of hydrogen-bond acceptors (Lipinski definition) is 2. The summed E-state index contributed by atoms with van der Waals surface area (Å²) in [4.78, 5) is 2.23. The van der Waals surface area contributed by atoms with Gasteiger partial charge in [-0.3, -0.25) is 0 Å². The Morgan fingerprint density at radius 1 is 1.29 bits per heavy atom. The van der Waals surface area contributed by atoms with Crippen LogP contribution >= 0.6 is 23.2 Å². The molecule has 1 atom stereocenters. The van der Waals surface area contributed by atoms with Crippen molar-refractivity contribution in [3.63, 3.8) is 0 Å². The summed E-state index contributed by atoms with van der Waals surface area (Å²) in [6.07, 6.45) is 1.04. The lowest BCUT2D eigenvalue weighted by Crippen LogP contribution is -2.26. The predicted octanol–water partition coefficient (Wildman–Crippen LogP) is 2.53. The number of anilines is 1. The monoisotopic (exact) mass is 230 g/mol. The maximum Gasteiger partial charge on any atom is 0.0612 e. The molecule has 1 aromatic rings. The Hall–Kier alpha value is -0.440. The fourth-order valence-corrected chi connectivity index (χ4v) is 2.00. The highest BCUT2D eigenvalue weighted by atomic mass is 35.5. The topological polar surface area (TPSA) is 29.3 Å². The first-order valence-electron chi connectivity index (χ1n) is 4.62. The van der Waals surface area contributed by atoms with Crippen LogP contribution in [-0.4, -0.2) is 19.1 Å². The van der Waals surface area contributed by atoms with E-state index in [4.69, 9.17) is 28.9 Å². The van der Waals surface area contributed by atoms with Crippen LogP contribution < -0.4 is 10.6 Å². The van der Waals surface area contributed by atoms with Crippen LogP contribution in [-0.2, 0) is 0 Å². The fourth-order valence-electron chi connectivity index (χ4n) is 1.70. The highest BCUT2D eigenvalue weighted by Crippen LogP contribution is 2.28. The normalized spacial score (nSPS) is 21.6. The molecule has 0 bridgehead atoms. The molecular weight excluding hydrogens is 219 g/mol. The minimum absolute atomic E-state index is 0.282. The van der Waals surface area contributed by atoms with Gasteiger partial charge in [0.2, 0.25) is 0 Å². The summed E-state index contributed by atoms with van der Waals surface area (Å²) in [5, 5.41) is 1.20. The molecule has 1 heterocycles. The number of nitrogens with zero attached hydrogens (tertiary/aromatic N) is 1. The van der Waals surface area contributed by atoms with E-state index in [2.05, 4.69) is 4.90 Å². The van der Waals surface area contributed by atoms with E-state index in [0.29, 0.717) is 10.0 Å². The molecule has 76 valence electrons. The molecule has 1 saturated heterocycles. The fraction of sp³-hybridized carbons (Fsp3) is 0.400. The zero-order valence-electron chi connectivity index (χ0n) is 7.71. The molecule has 14 heavy (non-hydrogen) atoms. The SMILES string of the molecule is N[C@@H]1CCN(c2ccc(Cl)c(Cl)c2)C1. The van der Waals surface area contributed by atoms with Gasteiger partial charge in [0.25, 0.3) is 0 Å². The third-order valence-corrected chi connectivity index (χ3v) is 3.23. The molecule has 1 aliphatic heterocycles. The Labute approximate surface area is 93.6 Å². The van der Waals surface area contributed by atoms with Crippen molar-refractivity contribution < 1.29 is 0 Å². The van der Waals surface area contributed by atoms with E-state index < -0.39 is 0 Å². The van der Waals surface area contributed by atoms with Gasteiger partial charge in [-0.2, -0.15) is 0 Å². The molecule has 1 aromatic carbocycles. The predicted molar refractivity (Wildman–Crippen MR) is 61.3 cm³/mol. The second-order valence-corrected chi connectivity index (χ2v) is 4.41. The van der Waals surface area contributed by atoms with E-state index in [0.717, 1.165) is 25.2 Å². The molecule has 0 spiro atoms. The lowest BCUT2D eigenvalue weighted by molar-refractivity contribution is 0.752. The molecule has 1 aliphatic rings. The Balaban J connectivity index is 2.20. The van der Waals surface area contributed by atoms with Crippen molar-refractivity contribution in [2.24, 2.45) is 5.73 Å². The molecule has 0 aromatic heterocycles. The van der Waals surface area contributed by atoms with E-state index in [1.807, 2.05) is 18.2 Å². The first-order valence-corrected chi connectivity index (χ1v) is 5.38. The number of rotatable bonds is 1. The number of benzene rings is 1. The highest BCUT2D eigenvalue weighted by Gasteiger charge is 2.19. The summed E-state index contributed by atoms with van der Waals surface area (Å²) >= 11 is 11.8. The molecule has 0 amide bonds. The number of hydrogen-bond donors (Lipinski definition) is 1. The third kappa shape index (κ3) is 1.97. The summed E-state index contributed by atoms with van der Waals surface area (Å²) in [5.41, 5.74) is 6.93. The molecule has 2 N–H and O–H groups in total. The van der Waals surface area contributed by atoms with Crippen LogP contribution in [0.1, 0.15) is 6.42 Å². The first kappa shape index (κ1) is 10.1. The van der Waals surface area contributed by atoms with Crippen LogP contribution in [0.4, 0.5) is 5.69 Å². The number of nitrogens with two attached hydrogens (primary N) is 1. The molecular formula is C10H12Cl2N2. The molecule has 0 saturated carbocycles. The van der Waals surface area contributed by atoms with Gasteiger partial charge in [0.05, 0.1) is 10.0 Å². The van der Waals surface area contributed by atoms with Crippen molar-refractivity contribution in [2.75, 3.05) is 18.0 Å². The van der Waals surface area contributed by atoms with Gasteiger partial charge in [-0.05, 0) is 24.6 Å². The lowest BCUT2D eigenvalue weighted by Gasteiger charge is -2.18. The quantitative estimate of drug-likeness (QED) is 0.804. The first-order chi connectivity index (χ1) is 6.66. The Morgan fingerprint density at radius 2 is 2.07 bits per heavy atom. The summed E-state index contributed by atoms with van der Waals surface area (Å²) in [6.45, 7) is 1.90. The highest BCUT2D eigenvalue weighted by molar-refractivity contribution is 6.42. The zero-order valence-corrected chi connectivity index (χ0v) is 9.22. The van der Waals surface area contributed by atoms with Crippen molar-refractivity contribution >= 4 is 28.9 Å². The molecule has 2 nitrogen and oxygen atoms in total. The maximum atomic E-state index is 5.94. The van der Waals surface area contributed by atoms with Gasteiger partial charge in [0, 0.05) is 24.8 Å². The average molecular weight is 231 g/mol. The van der Waals surface area contributed by atoms with Crippen LogP contribution in [0, 0.1) is 0 Å². The van der Waals surface area contributed by atoms with Crippen LogP contribution in [0.5, 0.6) is 0 Å². The summed E-state index contributed by atoms with van der Waals surface area (Å²) in [5.74, 6) is 0. The molecule has 0 radical (unpaired) electrons. The van der Waals surface area contributed by atoms with Gasteiger partial charge >= 0.3 is 0 Å². The molecule has 0 aliphatic carbocycles. The van der Waals surface area contributed by atoms with E-state index in [9.17, 15) is 0 Å². The van der Waals surface area contributed by atoms with Crippen molar-refractivity contribution in [1.29, 1.82) is 0 Å². The van der Waals surface area contributed by atoms with Gasteiger partial charge in [0.1, 0.15) is 0 Å². The second kappa shape index (κ2) is 3.97. The van der Waals surface area contributed by atoms with Gasteiger partial charge in [-0.15, -0.1) is 0 Å². The molecule has 0 unspecified atom stereocenters. The average Bonchev–Trinajstić information content (AvgIpc) is 2.57. The van der Waals surface area contributed by atoms with Crippen LogP contribution in [0.2, 0.25) is 10.0 Å². The van der Waals surface area contributed by atoms with E-state index in [1.54, 1.807) is 0 Å². The summed E-state index contributed by atoms with van der Waals surface area (Å²) < 4.78 is 0. The van der Waals surface area contributed by atoms with E-state index in [1.165, 1.54) is 0 Å². The standard InChI is InChI=1S/C10H12Cl2N2/c11-9-2-1-8(5-10(9)12)14-4-3-7(13)6-14/h1-2,5,7H,3-4,6,13H2/t7-/m1/s1. The number of halogens is 2. The van der Waals surface area contributed by atoms with Crippen LogP contribution in [0.3, 0.4) is 0 Å². The third-order valence-electron chi connectivity index (χ3n) is 2.49. The Morgan fingerprint density at radius 3 is 2.64 bits per heavy atom. The van der Waals surface area contributed by atoms with Crippen molar-refractivity contribution in [3.8, 4) is 0 Å². The van der Waals surface area contributed by atoms with E-state index >= 15 is 0 Å². The van der Waals surface area contributed by atoms with Crippen LogP contribution in [0.15, 0.2) is 18.2 Å². The minimum atomic E-state index is 0.282. The van der Waals surface area contributed by atoms with Crippen molar-refractivity contribution in [2.45, 2.75) is 12.5 Å². The van der Waals surface area contributed by atoms with Crippen LogP contribution in [0.25, 0.3) is 0 Å². The van der Waals surface area contributed by atoms with Gasteiger partial charge in [-0.25, -0.2) is 0 Å². The van der Waals surface area contributed by atoms with Gasteiger partial charge < -0.3 is 10.6 Å². The van der Waals surface area contributed by atoms with Gasteiger partial charge in [-0.1, -0.05) is 23.2 Å². The maximum absolute atomic E-state index is 5.94. The smallest absolute Gasteiger partial charge is 0.0612 e. The Bertz CT molecular complexity index is 341. The Kier molecular flexibility index (Phi) is 2.86. The van der Waals surface area contributed by atoms with Crippen molar-refractivity contribution in [1.82, 2.24) is 0 Å². The molecule has 1 fully saturated rings. The summed E-state index contributed by atoms with van der Waals surface area (Å²) in [6, 6.07) is 5.97. The largest absolute Gasteiger partial charge is 0.370 e. The zero-order chi connectivity index (χ0) is 10.1. The van der Waals surface area contributed by atoms with Gasteiger partial charge in [0.15, 0.2) is 0 Å². The van der Waals surface area contributed by atoms with E-state index in [-0.39, 0.29) is 6.04 Å². The second-order valence-electron chi connectivity index (χ2n) is 3.59. The minimum Gasteiger partial charge on any atom is -0.370 e. The summed E-state index contributed by atoms with van der Waals surface area (Å²) in [7, 11) is 0. The molecule has 2 rings (SSSR count). The molecule has 4 heteroatoms.